The van der Waals surface area contributed by atoms with Gasteiger partial charge in [-0.3, -0.25) is 28.3 Å². The number of sulfonamides is 1. The molecule has 0 saturated carbocycles. The third-order valence-electron chi connectivity index (χ3n) is 13.5. The number of hydrogen-bond acceptors (Lipinski definition) is 14. The average Bonchev–Trinajstić information content (AvgIpc) is 3.67. The van der Waals surface area contributed by atoms with E-state index in [9.17, 15) is 58.6 Å². The van der Waals surface area contributed by atoms with Crippen molar-refractivity contribution in [2.24, 2.45) is 0 Å². The summed E-state index contributed by atoms with van der Waals surface area (Å²) in [6.07, 6.45) is 1.58. The van der Waals surface area contributed by atoms with Crippen molar-refractivity contribution in [3.05, 3.63) is 82.9 Å². The van der Waals surface area contributed by atoms with Crippen LogP contribution in [-0.4, -0.2) is 175 Å². The number of imide groups is 1. The van der Waals surface area contributed by atoms with Crippen molar-refractivity contribution in [2.45, 2.75) is 84.6 Å². The first-order valence-electron chi connectivity index (χ1n) is 25.9. The van der Waals surface area contributed by atoms with Crippen molar-refractivity contribution >= 4 is 87.6 Å². The molecule has 0 spiro atoms. The van der Waals surface area contributed by atoms with E-state index in [1.165, 1.54) is 0 Å². The molecule has 0 bridgehead atoms. The van der Waals surface area contributed by atoms with Gasteiger partial charge in [-0.1, -0.05) is 24.3 Å². The standard InChI is InChI=1S/C52H71N7O16S3/c1-38-36-40(51(64)54-25-12-30-59(5,31-15-35-78(71,72)73)29-11-24-53-45(60)20-10-21-48(63)75-57-46(61)22-23-47(57)62)37-39(2)50(38)74-52(65)49-41-16-6-8-18-43(41)56(44-19-9-7-17-42(44)49)27-13-33-76(66,67)55-26-32-58(3,4)28-14-34-77(68,69)70/h6-9,16-19,36-37,55H,10-15,20-35H2,1-5H3,(H-3,53,54,60,64,68,69,70,71,72,73)/p+3. The lowest BCUT2D eigenvalue weighted by molar-refractivity contribution is -0.909. The van der Waals surface area contributed by atoms with Crippen LogP contribution in [0.1, 0.15) is 96.1 Å². The van der Waals surface area contributed by atoms with Crippen LogP contribution in [0.25, 0.3) is 21.8 Å². The highest BCUT2D eigenvalue weighted by Crippen LogP contribution is 2.30. The number of benzene rings is 3. The topological polar surface area (TPSA) is 307 Å². The lowest BCUT2D eigenvalue weighted by Crippen LogP contribution is -2.48. The SMILES string of the molecule is Cc1cc(C(=O)NCCC[N+](C)(CCCNC(=O)CCCC(=O)ON2C(=O)CCC2=O)CCCS(=O)(=O)O)cc(C)c1OC(=O)c1c2ccccc2[n+](CCCS(=O)(=O)NCC[N+](C)(C)CCCS(=O)(=O)O)c2ccccc12. The number of aromatic nitrogens is 1. The summed E-state index contributed by atoms with van der Waals surface area (Å²) < 4.78 is 101. The molecule has 2 heterocycles. The number of nitrogens with zero attached hydrogens (tertiary/aromatic N) is 4. The zero-order chi connectivity index (χ0) is 57.5. The third kappa shape index (κ3) is 19.7. The van der Waals surface area contributed by atoms with Gasteiger partial charge in [-0.25, -0.2) is 22.7 Å². The summed E-state index contributed by atoms with van der Waals surface area (Å²) in [4.78, 5) is 80.6. The summed E-state index contributed by atoms with van der Waals surface area (Å²) in [7, 11) is -6.35. The molecule has 5 N–H and O–H groups in total. The Morgan fingerprint density at radius 1 is 0.654 bits per heavy atom. The van der Waals surface area contributed by atoms with Crippen LogP contribution in [0.4, 0.5) is 0 Å². The number of carbonyl (C=O) groups excluding carboxylic acids is 6. The number of fused-ring (bicyclic) bond motifs is 2. The van der Waals surface area contributed by atoms with Crippen LogP contribution >= 0.6 is 0 Å². The molecule has 1 saturated heterocycles. The maximum Gasteiger partial charge on any atom is 0.345 e. The average molecular weight is 1150 g/mol. The summed E-state index contributed by atoms with van der Waals surface area (Å²) in [6, 6.07) is 17.8. The van der Waals surface area contributed by atoms with Crippen LogP contribution in [0.5, 0.6) is 5.75 Å². The van der Waals surface area contributed by atoms with E-state index in [4.69, 9.17) is 14.1 Å². The molecule has 1 aliphatic heterocycles. The Morgan fingerprint density at radius 2 is 1.18 bits per heavy atom. The van der Waals surface area contributed by atoms with Gasteiger partial charge in [0.25, 0.3) is 38.0 Å². The summed E-state index contributed by atoms with van der Waals surface area (Å²) in [5.74, 6) is -3.97. The highest BCUT2D eigenvalue weighted by molar-refractivity contribution is 7.89. The number of esters is 1. The molecule has 428 valence electrons. The number of aryl methyl sites for hydroxylation is 3. The number of ether oxygens (including phenoxy) is 1. The van der Waals surface area contributed by atoms with Gasteiger partial charge in [-0.15, -0.1) is 5.06 Å². The van der Waals surface area contributed by atoms with Crippen molar-refractivity contribution in [3.63, 3.8) is 0 Å². The molecule has 1 aliphatic rings. The largest absolute Gasteiger partial charge is 0.422 e. The van der Waals surface area contributed by atoms with E-state index in [-0.39, 0.29) is 100 Å². The molecule has 3 aromatic carbocycles. The lowest BCUT2D eigenvalue weighted by atomic mass is 10.0. The van der Waals surface area contributed by atoms with Crippen LogP contribution in [0, 0.1) is 13.8 Å². The molecule has 26 heteroatoms. The Morgan fingerprint density at radius 3 is 1.74 bits per heavy atom. The highest BCUT2D eigenvalue weighted by atomic mass is 32.2. The van der Waals surface area contributed by atoms with Crippen molar-refractivity contribution in [2.75, 3.05) is 90.8 Å². The normalized spacial score (nSPS) is 14.2. The number of amides is 4. The summed E-state index contributed by atoms with van der Waals surface area (Å²) in [5, 5.41) is 7.37. The Kier molecular flexibility index (Phi) is 22.3. The van der Waals surface area contributed by atoms with E-state index in [1.807, 2.05) is 50.0 Å². The molecule has 4 aromatic rings. The number of pyridine rings is 1. The summed E-state index contributed by atoms with van der Waals surface area (Å²) in [5.41, 5.74) is 3.09. The van der Waals surface area contributed by atoms with Gasteiger partial charge in [0, 0.05) is 88.6 Å². The van der Waals surface area contributed by atoms with Crippen molar-refractivity contribution in [1.29, 1.82) is 0 Å². The Hall–Kier alpha value is -6.00. The van der Waals surface area contributed by atoms with Crippen LogP contribution in [-0.2, 0) is 60.8 Å². The molecule has 0 aliphatic carbocycles. The van der Waals surface area contributed by atoms with Gasteiger partial charge < -0.3 is 29.2 Å². The third-order valence-corrected chi connectivity index (χ3v) is 16.6. The predicted molar refractivity (Wildman–Crippen MR) is 289 cm³/mol. The van der Waals surface area contributed by atoms with Crippen molar-refractivity contribution in [3.8, 4) is 5.75 Å². The predicted octanol–water partition coefficient (Wildman–Crippen LogP) is 2.91. The van der Waals surface area contributed by atoms with Gasteiger partial charge in [0.2, 0.25) is 27.0 Å². The second kappa shape index (κ2) is 27.7. The second-order valence-corrected chi connectivity index (χ2v) is 25.7. The van der Waals surface area contributed by atoms with E-state index in [0.717, 1.165) is 0 Å². The molecular formula is C52H74N7O16S3+3. The van der Waals surface area contributed by atoms with Gasteiger partial charge >= 0.3 is 11.9 Å². The van der Waals surface area contributed by atoms with Crippen molar-refractivity contribution < 1.29 is 86.2 Å². The number of hydroxylamine groups is 2. The highest BCUT2D eigenvalue weighted by Gasteiger charge is 2.33. The first kappa shape index (κ1) is 62.8. The minimum Gasteiger partial charge on any atom is -0.422 e. The molecule has 1 unspecified atom stereocenters. The fourth-order valence-electron chi connectivity index (χ4n) is 9.44. The van der Waals surface area contributed by atoms with E-state index in [2.05, 4.69) is 15.4 Å². The van der Waals surface area contributed by atoms with Crippen molar-refractivity contribution in [1.82, 2.24) is 20.4 Å². The molecule has 78 heavy (non-hydrogen) atoms. The van der Waals surface area contributed by atoms with Crippen LogP contribution in [0.3, 0.4) is 0 Å². The molecule has 23 nitrogen and oxygen atoms in total. The minimum absolute atomic E-state index is 0.00557. The van der Waals surface area contributed by atoms with Crippen LogP contribution in [0.15, 0.2) is 60.7 Å². The van der Waals surface area contributed by atoms with Gasteiger partial charge in [0.05, 0.1) is 94.0 Å². The molecule has 1 fully saturated rings. The Labute approximate surface area is 456 Å². The minimum atomic E-state index is -4.20. The number of nitrogens with one attached hydrogen (secondary N) is 3. The van der Waals surface area contributed by atoms with Crippen LogP contribution in [0.2, 0.25) is 0 Å². The maximum atomic E-state index is 14.4. The monoisotopic (exact) mass is 1150 g/mol. The number of carbonyl (C=O) groups is 6. The van der Waals surface area contributed by atoms with E-state index in [0.29, 0.717) is 110 Å². The number of para-hydroxylation sites is 2. The van der Waals surface area contributed by atoms with Gasteiger partial charge in [-0.05, 0) is 55.7 Å². The van der Waals surface area contributed by atoms with Gasteiger partial charge in [-0.2, -0.15) is 21.4 Å². The van der Waals surface area contributed by atoms with E-state index < -0.39 is 59.8 Å². The summed E-state index contributed by atoms with van der Waals surface area (Å²) >= 11 is 0. The molecule has 4 amide bonds. The number of quaternary nitrogens is 2. The molecule has 1 atom stereocenters. The number of likely N-dealkylation sites (N-methyl/N-ethyl adjacent to an activating group) is 1. The first-order chi connectivity index (χ1) is 36.6. The zero-order valence-electron chi connectivity index (χ0n) is 45.0. The zero-order valence-corrected chi connectivity index (χ0v) is 47.4. The van der Waals surface area contributed by atoms with Crippen LogP contribution < -0.4 is 24.7 Å². The number of rotatable bonds is 32. The lowest BCUT2D eigenvalue weighted by Gasteiger charge is -2.35. The second-order valence-electron chi connectivity index (χ2n) is 20.6. The van der Waals surface area contributed by atoms with Gasteiger partial charge in [0.15, 0.2) is 6.54 Å². The maximum absolute atomic E-state index is 14.4. The first-order valence-corrected chi connectivity index (χ1v) is 30.7. The molecule has 0 radical (unpaired) electrons. The molecule has 1 aromatic heterocycles. The Bertz CT molecular complexity index is 3110. The Balaban J connectivity index is 1.15. The quantitative estimate of drug-likeness (QED) is 0.00686. The van der Waals surface area contributed by atoms with Gasteiger partial charge in [0.1, 0.15) is 5.75 Å². The fraction of sp³-hybridized carbons (Fsp3) is 0.519. The van der Waals surface area contributed by atoms with E-state index in [1.54, 1.807) is 50.2 Å². The smallest absolute Gasteiger partial charge is 0.345 e. The molecule has 5 rings (SSSR count). The molecular weight excluding hydrogens is 1070 g/mol. The summed E-state index contributed by atoms with van der Waals surface area (Å²) in [6.45, 7) is 6.73. The fourth-order valence-corrected chi connectivity index (χ4v) is 11.5. The number of hydrogen-bond donors (Lipinski definition) is 5. The van der Waals surface area contributed by atoms with E-state index >= 15 is 0 Å².